The predicted molar refractivity (Wildman–Crippen MR) is 81.2 cm³/mol. The summed E-state index contributed by atoms with van der Waals surface area (Å²) in [5, 5.41) is 12.8. The van der Waals surface area contributed by atoms with Gasteiger partial charge in [-0.15, -0.1) is 0 Å². The number of hydrogen-bond donors (Lipinski definition) is 1. The molecule has 0 aromatic heterocycles. The molecule has 0 heterocycles. The molecule has 0 radical (unpaired) electrons. The van der Waals surface area contributed by atoms with Crippen LogP contribution in [0.5, 0.6) is 5.75 Å². The standard InChI is InChI=1S/C16H15ClN2O/c1-11(13-5-3-12(10-18)4-6-13)19-15-9-14(17)7-8-16(15)20-2/h3-9,11,19H,1-2H3. The first-order valence-electron chi connectivity index (χ1n) is 6.24. The van der Waals surface area contributed by atoms with Crippen LogP contribution in [-0.4, -0.2) is 7.11 Å². The van der Waals surface area contributed by atoms with E-state index in [9.17, 15) is 0 Å². The number of rotatable bonds is 4. The van der Waals surface area contributed by atoms with E-state index in [0.29, 0.717) is 10.6 Å². The second-order valence-corrected chi connectivity index (χ2v) is 4.88. The van der Waals surface area contributed by atoms with Crippen LogP contribution in [0, 0.1) is 11.3 Å². The number of methoxy groups -OCH3 is 1. The molecule has 1 atom stereocenters. The Morgan fingerprint density at radius 1 is 1.20 bits per heavy atom. The van der Waals surface area contributed by atoms with Crippen LogP contribution in [0.2, 0.25) is 5.02 Å². The molecule has 2 rings (SSSR count). The van der Waals surface area contributed by atoms with Crippen molar-refractivity contribution in [2.24, 2.45) is 0 Å². The maximum Gasteiger partial charge on any atom is 0.142 e. The van der Waals surface area contributed by atoms with Gasteiger partial charge in [0.25, 0.3) is 0 Å². The fourth-order valence-corrected chi connectivity index (χ4v) is 2.13. The Morgan fingerprint density at radius 3 is 2.50 bits per heavy atom. The van der Waals surface area contributed by atoms with Gasteiger partial charge in [0, 0.05) is 11.1 Å². The van der Waals surface area contributed by atoms with E-state index in [1.54, 1.807) is 13.2 Å². The van der Waals surface area contributed by atoms with E-state index in [4.69, 9.17) is 21.6 Å². The molecule has 2 aromatic rings. The number of nitriles is 1. The van der Waals surface area contributed by atoms with E-state index in [1.165, 1.54) is 0 Å². The molecule has 0 bridgehead atoms. The smallest absolute Gasteiger partial charge is 0.142 e. The lowest BCUT2D eigenvalue weighted by molar-refractivity contribution is 0.416. The molecule has 4 heteroatoms. The minimum atomic E-state index is 0.0788. The summed E-state index contributed by atoms with van der Waals surface area (Å²) in [6.07, 6.45) is 0. The van der Waals surface area contributed by atoms with E-state index < -0.39 is 0 Å². The number of nitrogens with one attached hydrogen (secondary N) is 1. The van der Waals surface area contributed by atoms with Crippen molar-refractivity contribution in [3.63, 3.8) is 0 Å². The third-order valence-electron chi connectivity index (χ3n) is 3.07. The lowest BCUT2D eigenvalue weighted by atomic mass is 10.1. The van der Waals surface area contributed by atoms with Crippen LogP contribution in [0.4, 0.5) is 5.69 Å². The minimum Gasteiger partial charge on any atom is -0.495 e. The fourth-order valence-electron chi connectivity index (χ4n) is 1.96. The lowest BCUT2D eigenvalue weighted by Gasteiger charge is -2.18. The monoisotopic (exact) mass is 286 g/mol. The van der Waals surface area contributed by atoms with Crippen LogP contribution >= 0.6 is 11.6 Å². The van der Waals surface area contributed by atoms with Crippen LogP contribution in [-0.2, 0) is 0 Å². The van der Waals surface area contributed by atoms with Crippen LogP contribution in [0.1, 0.15) is 24.1 Å². The zero-order valence-corrected chi connectivity index (χ0v) is 12.1. The number of hydrogen-bond acceptors (Lipinski definition) is 3. The zero-order chi connectivity index (χ0) is 14.5. The average molecular weight is 287 g/mol. The molecule has 0 saturated heterocycles. The van der Waals surface area contributed by atoms with Crippen molar-refractivity contribution in [1.82, 2.24) is 0 Å². The van der Waals surface area contributed by atoms with Crippen LogP contribution < -0.4 is 10.1 Å². The molecule has 1 unspecified atom stereocenters. The molecule has 0 fully saturated rings. The third-order valence-corrected chi connectivity index (χ3v) is 3.31. The number of halogens is 1. The van der Waals surface area contributed by atoms with Crippen molar-refractivity contribution >= 4 is 17.3 Å². The molecule has 0 amide bonds. The maximum atomic E-state index is 8.80. The van der Waals surface area contributed by atoms with E-state index in [2.05, 4.69) is 11.4 Å². The summed E-state index contributed by atoms with van der Waals surface area (Å²) in [5.74, 6) is 0.745. The van der Waals surface area contributed by atoms with Gasteiger partial charge in [-0.3, -0.25) is 0 Å². The molecular weight excluding hydrogens is 272 g/mol. The van der Waals surface area contributed by atoms with Gasteiger partial charge in [-0.05, 0) is 42.8 Å². The number of anilines is 1. The predicted octanol–water partition coefficient (Wildman–Crippen LogP) is 4.39. The summed E-state index contributed by atoms with van der Waals surface area (Å²) in [7, 11) is 1.63. The van der Waals surface area contributed by atoms with Gasteiger partial charge >= 0.3 is 0 Å². The number of nitrogens with zero attached hydrogens (tertiary/aromatic N) is 1. The Hall–Kier alpha value is -2.18. The molecule has 0 aliphatic rings. The summed E-state index contributed by atoms with van der Waals surface area (Å²) in [5.41, 5.74) is 2.59. The van der Waals surface area contributed by atoms with Crippen molar-refractivity contribution < 1.29 is 4.74 Å². The Balaban J connectivity index is 2.20. The summed E-state index contributed by atoms with van der Waals surface area (Å²) in [4.78, 5) is 0. The van der Waals surface area contributed by atoms with Gasteiger partial charge in [0.05, 0.1) is 24.4 Å². The second-order valence-electron chi connectivity index (χ2n) is 4.44. The molecule has 3 nitrogen and oxygen atoms in total. The topological polar surface area (TPSA) is 45.0 Å². The SMILES string of the molecule is COc1ccc(Cl)cc1NC(C)c1ccc(C#N)cc1. The summed E-state index contributed by atoms with van der Waals surface area (Å²) in [6.45, 7) is 2.04. The van der Waals surface area contributed by atoms with Gasteiger partial charge in [0.1, 0.15) is 5.75 Å². The molecule has 2 aromatic carbocycles. The van der Waals surface area contributed by atoms with E-state index >= 15 is 0 Å². The first-order chi connectivity index (χ1) is 9.63. The number of benzene rings is 2. The number of ether oxygens (including phenoxy) is 1. The van der Waals surface area contributed by atoms with Gasteiger partial charge in [-0.2, -0.15) is 5.26 Å². The highest BCUT2D eigenvalue weighted by Crippen LogP contribution is 2.30. The largest absolute Gasteiger partial charge is 0.495 e. The fraction of sp³-hybridized carbons (Fsp3) is 0.188. The molecule has 0 aliphatic carbocycles. The van der Waals surface area contributed by atoms with Gasteiger partial charge in [0.15, 0.2) is 0 Å². The van der Waals surface area contributed by atoms with Gasteiger partial charge in [0.2, 0.25) is 0 Å². The summed E-state index contributed by atoms with van der Waals surface area (Å²) >= 11 is 6.01. The third kappa shape index (κ3) is 3.23. The molecule has 0 spiro atoms. The maximum absolute atomic E-state index is 8.80. The van der Waals surface area contributed by atoms with Gasteiger partial charge in [-0.1, -0.05) is 23.7 Å². The summed E-state index contributed by atoms with van der Waals surface area (Å²) < 4.78 is 5.31. The van der Waals surface area contributed by atoms with Gasteiger partial charge < -0.3 is 10.1 Å². The molecule has 1 N–H and O–H groups in total. The van der Waals surface area contributed by atoms with Crippen LogP contribution in [0.25, 0.3) is 0 Å². The average Bonchev–Trinajstić information content (AvgIpc) is 2.47. The Morgan fingerprint density at radius 2 is 1.90 bits per heavy atom. The van der Waals surface area contributed by atoms with Gasteiger partial charge in [-0.25, -0.2) is 0 Å². The molecule has 20 heavy (non-hydrogen) atoms. The van der Waals surface area contributed by atoms with E-state index in [-0.39, 0.29) is 6.04 Å². The van der Waals surface area contributed by atoms with Crippen molar-refractivity contribution in [2.75, 3.05) is 12.4 Å². The second kappa shape index (κ2) is 6.31. The quantitative estimate of drug-likeness (QED) is 0.906. The minimum absolute atomic E-state index is 0.0788. The van der Waals surface area contributed by atoms with E-state index in [1.807, 2.05) is 43.3 Å². The first kappa shape index (κ1) is 14.2. The van der Waals surface area contributed by atoms with Crippen LogP contribution in [0.3, 0.4) is 0 Å². The highest BCUT2D eigenvalue weighted by molar-refractivity contribution is 6.30. The molecule has 0 saturated carbocycles. The molecule has 102 valence electrons. The Bertz CT molecular complexity index is 632. The van der Waals surface area contributed by atoms with Crippen molar-refractivity contribution in [3.05, 3.63) is 58.6 Å². The lowest BCUT2D eigenvalue weighted by Crippen LogP contribution is -2.07. The highest BCUT2D eigenvalue weighted by Gasteiger charge is 2.09. The molecule has 0 aliphatic heterocycles. The first-order valence-corrected chi connectivity index (χ1v) is 6.62. The Kier molecular flexibility index (Phi) is 4.49. The van der Waals surface area contributed by atoms with Crippen molar-refractivity contribution in [2.45, 2.75) is 13.0 Å². The normalized spacial score (nSPS) is 11.5. The summed E-state index contributed by atoms with van der Waals surface area (Å²) in [6, 6.07) is 15.1. The Labute approximate surface area is 123 Å². The molecular formula is C16H15ClN2O. The van der Waals surface area contributed by atoms with Crippen LogP contribution in [0.15, 0.2) is 42.5 Å². The zero-order valence-electron chi connectivity index (χ0n) is 11.4. The van der Waals surface area contributed by atoms with Crippen molar-refractivity contribution in [1.29, 1.82) is 5.26 Å². The highest BCUT2D eigenvalue weighted by atomic mass is 35.5. The van der Waals surface area contributed by atoms with E-state index in [0.717, 1.165) is 17.0 Å². The van der Waals surface area contributed by atoms with Crippen molar-refractivity contribution in [3.8, 4) is 11.8 Å².